The van der Waals surface area contributed by atoms with Crippen molar-refractivity contribution in [1.82, 2.24) is 10.2 Å². The van der Waals surface area contributed by atoms with E-state index in [1.165, 1.54) is 4.90 Å². The van der Waals surface area contributed by atoms with Crippen molar-refractivity contribution in [2.45, 2.75) is 45.3 Å². The van der Waals surface area contributed by atoms with Gasteiger partial charge >= 0.3 is 12.1 Å². The number of amides is 1. The number of carbonyl (C=O) groups is 2. The van der Waals surface area contributed by atoms with Crippen molar-refractivity contribution >= 4 is 12.1 Å². The molecule has 0 bridgehead atoms. The highest BCUT2D eigenvalue weighted by Crippen LogP contribution is 2.16. The molecule has 1 fully saturated rings. The Bertz CT molecular complexity index is 312. The standard InChI is InChI=1S/C12H22N2O4/c1-12(2,3)18-10(15)8-13-7-9-5-4-6-14(9)11(16)17/h9,13H,4-8H2,1-3H3,(H,16,17)/t9-/m0/s1. The van der Waals surface area contributed by atoms with Gasteiger partial charge in [0.15, 0.2) is 0 Å². The number of hydrogen-bond donors (Lipinski definition) is 2. The summed E-state index contributed by atoms with van der Waals surface area (Å²) in [5, 5.41) is 11.9. The van der Waals surface area contributed by atoms with Crippen LogP contribution in [0.5, 0.6) is 0 Å². The molecule has 2 N–H and O–H groups in total. The molecule has 1 atom stereocenters. The maximum absolute atomic E-state index is 11.4. The number of nitrogens with one attached hydrogen (secondary N) is 1. The van der Waals surface area contributed by atoms with Crippen LogP contribution in [0.2, 0.25) is 0 Å². The first-order chi connectivity index (χ1) is 8.29. The van der Waals surface area contributed by atoms with Gasteiger partial charge in [0, 0.05) is 19.1 Å². The van der Waals surface area contributed by atoms with Crippen LogP contribution in [-0.2, 0) is 9.53 Å². The first-order valence-corrected chi connectivity index (χ1v) is 6.22. The Morgan fingerprint density at radius 3 is 2.67 bits per heavy atom. The summed E-state index contributed by atoms with van der Waals surface area (Å²) in [4.78, 5) is 23.8. The number of rotatable bonds is 4. The second-order valence-corrected chi connectivity index (χ2v) is 5.49. The van der Waals surface area contributed by atoms with Crippen LogP contribution in [-0.4, -0.2) is 53.3 Å². The fourth-order valence-corrected chi connectivity index (χ4v) is 2.02. The Hall–Kier alpha value is -1.30. The average molecular weight is 258 g/mol. The lowest BCUT2D eigenvalue weighted by Crippen LogP contribution is -2.42. The molecule has 0 radical (unpaired) electrons. The van der Waals surface area contributed by atoms with Gasteiger partial charge < -0.3 is 20.1 Å². The molecule has 0 aliphatic carbocycles. The zero-order chi connectivity index (χ0) is 13.8. The Morgan fingerprint density at radius 2 is 2.11 bits per heavy atom. The quantitative estimate of drug-likeness (QED) is 0.737. The normalized spacial score (nSPS) is 19.9. The summed E-state index contributed by atoms with van der Waals surface area (Å²) in [7, 11) is 0. The second kappa shape index (κ2) is 6.04. The Labute approximate surface area is 107 Å². The number of ether oxygens (including phenoxy) is 1. The summed E-state index contributed by atoms with van der Waals surface area (Å²) >= 11 is 0. The third kappa shape index (κ3) is 4.91. The number of nitrogens with zero attached hydrogens (tertiary/aromatic N) is 1. The van der Waals surface area contributed by atoms with Crippen LogP contribution >= 0.6 is 0 Å². The minimum Gasteiger partial charge on any atom is -0.465 e. The van der Waals surface area contributed by atoms with Crippen molar-refractivity contribution in [3.63, 3.8) is 0 Å². The molecule has 1 saturated heterocycles. The van der Waals surface area contributed by atoms with Crippen LogP contribution in [0.3, 0.4) is 0 Å². The lowest BCUT2D eigenvalue weighted by Gasteiger charge is -2.23. The third-order valence-corrected chi connectivity index (χ3v) is 2.69. The van der Waals surface area contributed by atoms with Gasteiger partial charge in [0.1, 0.15) is 5.60 Å². The van der Waals surface area contributed by atoms with Gasteiger partial charge in [-0.05, 0) is 33.6 Å². The van der Waals surface area contributed by atoms with Crippen molar-refractivity contribution in [1.29, 1.82) is 0 Å². The van der Waals surface area contributed by atoms with E-state index in [4.69, 9.17) is 9.84 Å². The Morgan fingerprint density at radius 1 is 1.44 bits per heavy atom. The van der Waals surface area contributed by atoms with E-state index in [2.05, 4.69) is 5.32 Å². The van der Waals surface area contributed by atoms with Gasteiger partial charge in [-0.2, -0.15) is 0 Å². The van der Waals surface area contributed by atoms with E-state index in [0.717, 1.165) is 12.8 Å². The molecule has 1 rings (SSSR count). The number of hydrogen-bond acceptors (Lipinski definition) is 4. The van der Waals surface area contributed by atoms with Crippen LogP contribution in [0.15, 0.2) is 0 Å². The van der Waals surface area contributed by atoms with Crippen LogP contribution < -0.4 is 5.32 Å². The molecule has 6 heteroatoms. The van der Waals surface area contributed by atoms with E-state index >= 15 is 0 Å². The van der Waals surface area contributed by atoms with Crippen LogP contribution in [0.4, 0.5) is 4.79 Å². The fourth-order valence-electron chi connectivity index (χ4n) is 2.02. The molecule has 1 amide bonds. The minimum atomic E-state index is -0.892. The van der Waals surface area contributed by atoms with E-state index in [1.54, 1.807) is 0 Å². The van der Waals surface area contributed by atoms with Crippen LogP contribution in [0.25, 0.3) is 0 Å². The Balaban J connectivity index is 2.25. The SMILES string of the molecule is CC(C)(C)OC(=O)CNC[C@@H]1CCCN1C(=O)O. The molecular formula is C12H22N2O4. The summed E-state index contributed by atoms with van der Waals surface area (Å²) in [6.45, 7) is 6.62. The van der Waals surface area contributed by atoms with E-state index in [0.29, 0.717) is 13.1 Å². The first kappa shape index (κ1) is 14.8. The van der Waals surface area contributed by atoms with Gasteiger partial charge in [-0.25, -0.2) is 4.79 Å². The maximum Gasteiger partial charge on any atom is 0.407 e. The molecule has 0 spiro atoms. The van der Waals surface area contributed by atoms with Gasteiger partial charge in [-0.3, -0.25) is 4.79 Å². The van der Waals surface area contributed by atoms with Gasteiger partial charge in [0.2, 0.25) is 0 Å². The zero-order valence-electron chi connectivity index (χ0n) is 11.2. The third-order valence-electron chi connectivity index (χ3n) is 2.69. The summed E-state index contributed by atoms with van der Waals surface area (Å²) in [6.07, 6.45) is 0.829. The summed E-state index contributed by atoms with van der Waals surface area (Å²) in [5.41, 5.74) is -0.487. The highest BCUT2D eigenvalue weighted by Gasteiger charge is 2.28. The van der Waals surface area contributed by atoms with E-state index in [1.807, 2.05) is 20.8 Å². The molecule has 104 valence electrons. The molecule has 6 nitrogen and oxygen atoms in total. The highest BCUT2D eigenvalue weighted by molar-refractivity contribution is 5.72. The molecule has 18 heavy (non-hydrogen) atoms. The van der Waals surface area contributed by atoms with Crippen molar-refractivity contribution < 1.29 is 19.4 Å². The zero-order valence-corrected chi connectivity index (χ0v) is 11.2. The van der Waals surface area contributed by atoms with E-state index in [9.17, 15) is 9.59 Å². The summed E-state index contributed by atoms with van der Waals surface area (Å²) < 4.78 is 5.15. The molecule has 1 aliphatic rings. The van der Waals surface area contributed by atoms with Gasteiger partial charge in [0.05, 0.1) is 6.54 Å². The predicted octanol–water partition coefficient (Wildman–Crippen LogP) is 1.06. The smallest absolute Gasteiger partial charge is 0.407 e. The summed E-state index contributed by atoms with van der Waals surface area (Å²) in [6, 6.07) is -0.0371. The predicted molar refractivity (Wildman–Crippen MR) is 66.5 cm³/mol. The molecule has 0 saturated carbocycles. The molecule has 0 aromatic heterocycles. The minimum absolute atomic E-state index is 0.0371. The van der Waals surface area contributed by atoms with Crippen molar-refractivity contribution in [2.24, 2.45) is 0 Å². The van der Waals surface area contributed by atoms with Crippen molar-refractivity contribution in [2.75, 3.05) is 19.6 Å². The van der Waals surface area contributed by atoms with Crippen molar-refractivity contribution in [3.8, 4) is 0 Å². The molecule has 1 heterocycles. The van der Waals surface area contributed by atoms with Crippen molar-refractivity contribution in [3.05, 3.63) is 0 Å². The summed E-state index contributed by atoms with van der Waals surface area (Å²) in [5.74, 6) is -0.317. The lowest BCUT2D eigenvalue weighted by molar-refractivity contribution is -0.153. The molecule has 0 unspecified atom stereocenters. The first-order valence-electron chi connectivity index (χ1n) is 6.22. The second-order valence-electron chi connectivity index (χ2n) is 5.49. The van der Waals surface area contributed by atoms with Gasteiger partial charge in [-0.1, -0.05) is 0 Å². The van der Waals surface area contributed by atoms with Gasteiger partial charge in [-0.15, -0.1) is 0 Å². The largest absolute Gasteiger partial charge is 0.465 e. The fraction of sp³-hybridized carbons (Fsp3) is 0.833. The average Bonchev–Trinajstić information content (AvgIpc) is 2.62. The molecular weight excluding hydrogens is 236 g/mol. The topological polar surface area (TPSA) is 78.9 Å². The highest BCUT2D eigenvalue weighted by atomic mass is 16.6. The van der Waals surface area contributed by atoms with E-state index < -0.39 is 11.7 Å². The number of carboxylic acid groups (broad SMARTS) is 1. The number of carbonyl (C=O) groups excluding carboxylic acids is 1. The van der Waals surface area contributed by atoms with Gasteiger partial charge in [0.25, 0.3) is 0 Å². The number of esters is 1. The van der Waals surface area contributed by atoms with Crippen LogP contribution in [0, 0.1) is 0 Å². The van der Waals surface area contributed by atoms with Crippen LogP contribution in [0.1, 0.15) is 33.6 Å². The molecule has 0 aromatic rings. The molecule has 1 aliphatic heterocycles. The lowest BCUT2D eigenvalue weighted by atomic mass is 10.2. The molecule has 0 aromatic carbocycles. The maximum atomic E-state index is 11.4. The number of likely N-dealkylation sites (tertiary alicyclic amines) is 1. The Kier molecular flexibility index (Phi) is 4.95. The monoisotopic (exact) mass is 258 g/mol. The van der Waals surface area contributed by atoms with E-state index in [-0.39, 0.29) is 18.6 Å².